The number of aryl methyl sites for hydroxylation is 1. The van der Waals surface area contributed by atoms with Gasteiger partial charge in [-0.2, -0.15) is 10.4 Å². The Kier molecular flexibility index (Phi) is 6.73. The summed E-state index contributed by atoms with van der Waals surface area (Å²) >= 11 is 1.51. The second kappa shape index (κ2) is 10.8. The van der Waals surface area contributed by atoms with Crippen LogP contribution in [0.1, 0.15) is 21.7 Å². The van der Waals surface area contributed by atoms with Crippen LogP contribution in [0, 0.1) is 18.3 Å². The standard InChI is InChI=1S/C33H24N4OS/c1-23-11-13-24(14-12-23)22-38-29-17-15-25(16-18-29)32-27(21-37(36-32)28-7-3-2-4-8-28)19-26(20-34)33-35-30-9-5-6-10-31(30)39-33/h2-19,21H,22H2,1H3. The molecule has 0 fully saturated rings. The molecular formula is C33H24N4OS. The van der Waals surface area contributed by atoms with Gasteiger partial charge in [-0.3, -0.25) is 0 Å². The molecule has 0 bridgehead atoms. The number of hydrogen-bond acceptors (Lipinski definition) is 5. The van der Waals surface area contributed by atoms with E-state index in [9.17, 15) is 5.26 Å². The van der Waals surface area contributed by atoms with Gasteiger partial charge in [0.25, 0.3) is 0 Å². The van der Waals surface area contributed by atoms with Crippen LogP contribution in [-0.4, -0.2) is 14.8 Å². The molecule has 0 unspecified atom stereocenters. The van der Waals surface area contributed by atoms with Gasteiger partial charge in [0.2, 0.25) is 0 Å². The Morgan fingerprint density at radius 1 is 0.923 bits per heavy atom. The molecule has 188 valence electrons. The van der Waals surface area contributed by atoms with Crippen molar-refractivity contribution in [2.45, 2.75) is 13.5 Å². The molecule has 0 aliphatic rings. The van der Waals surface area contributed by atoms with Crippen molar-refractivity contribution in [1.82, 2.24) is 14.8 Å². The Balaban J connectivity index is 1.34. The van der Waals surface area contributed by atoms with Crippen molar-refractivity contribution in [2.75, 3.05) is 0 Å². The molecule has 2 aromatic heterocycles. The first kappa shape index (κ1) is 24.4. The lowest BCUT2D eigenvalue weighted by molar-refractivity contribution is 0.306. The maximum Gasteiger partial charge on any atom is 0.135 e. The minimum Gasteiger partial charge on any atom is -0.489 e. The first-order valence-corrected chi connectivity index (χ1v) is 13.4. The van der Waals surface area contributed by atoms with E-state index in [1.54, 1.807) is 0 Å². The maximum absolute atomic E-state index is 10.1. The summed E-state index contributed by atoms with van der Waals surface area (Å²) < 4.78 is 8.90. The SMILES string of the molecule is Cc1ccc(COc2ccc(-c3nn(-c4ccccc4)cc3C=C(C#N)c3nc4ccccc4s3)cc2)cc1. The topological polar surface area (TPSA) is 63.7 Å². The highest BCUT2D eigenvalue weighted by molar-refractivity contribution is 7.19. The molecule has 0 amide bonds. The Bertz CT molecular complexity index is 1780. The van der Waals surface area contributed by atoms with Gasteiger partial charge in [0.1, 0.15) is 23.4 Å². The van der Waals surface area contributed by atoms with Crippen molar-refractivity contribution in [3.63, 3.8) is 0 Å². The molecule has 6 heteroatoms. The van der Waals surface area contributed by atoms with Gasteiger partial charge in [-0.15, -0.1) is 11.3 Å². The fourth-order valence-corrected chi connectivity index (χ4v) is 5.21. The average molecular weight is 525 g/mol. The van der Waals surface area contributed by atoms with Crippen molar-refractivity contribution in [3.05, 3.63) is 131 Å². The van der Waals surface area contributed by atoms with E-state index in [1.807, 2.05) is 95.8 Å². The lowest BCUT2D eigenvalue weighted by Gasteiger charge is -2.08. The van der Waals surface area contributed by atoms with Gasteiger partial charge in [0.05, 0.1) is 27.2 Å². The summed E-state index contributed by atoms with van der Waals surface area (Å²) in [6.07, 6.45) is 3.83. The van der Waals surface area contributed by atoms with E-state index in [1.165, 1.54) is 16.9 Å². The van der Waals surface area contributed by atoms with Crippen molar-refractivity contribution in [1.29, 1.82) is 5.26 Å². The molecule has 0 saturated heterocycles. The maximum atomic E-state index is 10.1. The number of aromatic nitrogens is 3. The molecule has 39 heavy (non-hydrogen) atoms. The van der Waals surface area contributed by atoms with Crippen molar-refractivity contribution >= 4 is 33.2 Å². The predicted octanol–water partition coefficient (Wildman–Crippen LogP) is 8.10. The molecule has 0 N–H and O–H groups in total. The van der Waals surface area contributed by atoms with Crippen LogP contribution in [0.5, 0.6) is 5.75 Å². The number of nitriles is 1. The van der Waals surface area contributed by atoms with Crippen LogP contribution >= 0.6 is 11.3 Å². The van der Waals surface area contributed by atoms with Crippen molar-refractivity contribution in [2.24, 2.45) is 0 Å². The lowest BCUT2D eigenvalue weighted by Crippen LogP contribution is -1.96. The molecule has 4 aromatic carbocycles. The molecule has 0 saturated carbocycles. The third-order valence-electron chi connectivity index (χ3n) is 6.36. The second-order valence-corrected chi connectivity index (χ2v) is 10.2. The lowest BCUT2D eigenvalue weighted by atomic mass is 10.1. The summed E-state index contributed by atoms with van der Waals surface area (Å²) in [5.74, 6) is 0.783. The highest BCUT2D eigenvalue weighted by Crippen LogP contribution is 2.32. The summed E-state index contributed by atoms with van der Waals surface area (Å²) in [6.45, 7) is 2.58. The minimum absolute atomic E-state index is 0.503. The summed E-state index contributed by atoms with van der Waals surface area (Å²) in [5.41, 5.74) is 7.22. The molecule has 2 heterocycles. The Labute approximate surface area is 230 Å². The number of nitrogens with zero attached hydrogens (tertiary/aromatic N) is 4. The third-order valence-corrected chi connectivity index (χ3v) is 7.43. The molecule has 6 rings (SSSR count). The molecule has 0 radical (unpaired) electrons. The fourth-order valence-electron chi connectivity index (χ4n) is 4.28. The van der Waals surface area contributed by atoms with Crippen LogP contribution in [0.4, 0.5) is 0 Å². The molecular weight excluding hydrogens is 500 g/mol. The van der Waals surface area contributed by atoms with E-state index in [2.05, 4.69) is 37.3 Å². The Morgan fingerprint density at radius 3 is 2.41 bits per heavy atom. The number of hydrogen-bond donors (Lipinski definition) is 0. The number of thiazole rings is 1. The monoisotopic (exact) mass is 524 g/mol. The van der Waals surface area contributed by atoms with E-state index in [0.717, 1.165) is 44.0 Å². The van der Waals surface area contributed by atoms with Crippen LogP contribution in [0.15, 0.2) is 109 Å². The van der Waals surface area contributed by atoms with Gasteiger partial charge >= 0.3 is 0 Å². The van der Waals surface area contributed by atoms with E-state index < -0.39 is 0 Å². The largest absolute Gasteiger partial charge is 0.489 e. The molecule has 5 nitrogen and oxygen atoms in total. The summed E-state index contributed by atoms with van der Waals surface area (Å²) in [6, 6.07) is 36.5. The number of allylic oxidation sites excluding steroid dienone is 1. The number of ether oxygens (including phenoxy) is 1. The number of fused-ring (bicyclic) bond motifs is 1. The van der Waals surface area contributed by atoms with Gasteiger partial charge in [0.15, 0.2) is 0 Å². The zero-order valence-electron chi connectivity index (χ0n) is 21.3. The quantitative estimate of drug-likeness (QED) is 0.198. The number of benzene rings is 4. The van der Waals surface area contributed by atoms with Crippen LogP contribution in [0.3, 0.4) is 0 Å². The zero-order chi connectivity index (χ0) is 26.6. The molecule has 0 atom stereocenters. The van der Waals surface area contributed by atoms with Gasteiger partial charge in [-0.25, -0.2) is 9.67 Å². The van der Waals surface area contributed by atoms with E-state index >= 15 is 0 Å². The fraction of sp³-hybridized carbons (Fsp3) is 0.0606. The van der Waals surface area contributed by atoms with E-state index in [0.29, 0.717) is 17.2 Å². The third kappa shape index (κ3) is 5.35. The molecule has 0 spiro atoms. The van der Waals surface area contributed by atoms with Crippen LogP contribution in [-0.2, 0) is 6.61 Å². The van der Waals surface area contributed by atoms with Crippen LogP contribution in [0.2, 0.25) is 0 Å². The summed E-state index contributed by atoms with van der Waals surface area (Å²) in [4.78, 5) is 4.69. The first-order chi connectivity index (χ1) is 19.2. The van der Waals surface area contributed by atoms with Gasteiger partial charge in [-0.05, 0) is 67.1 Å². The van der Waals surface area contributed by atoms with E-state index in [-0.39, 0.29) is 0 Å². The van der Waals surface area contributed by atoms with Gasteiger partial charge in [0, 0.05) is 17.3 Å². The summed E-state index contributed by atoms with van der Waals surface area (Å²) in [7, 11) is 0. The second-order valence-electron chi connectivity index (χ2n) is 9.17. The number of para-hydroxylation sites is 2. The van der Waals surface area contributed by atoms with Crippen LogP contribution in [0.25, 0.3) is 38.8 Å². The van der Waals surface area contributed by atoms with Crippen molar-refractivity contribution in [3.8, 4) is 28.8 Å². The predicted molar refractivity (Wildman–Crippen MR) is 158 cm³/mol. The van der Waals surface area contributed by atoms with Crippen molar-refractivity contribution < 1.29 is 4.74 Å². The molecule has 0 aliphatic carbocycles. The summed E-state index contributed by atoms with van der Waals surface area (Å²) in [5, 5.41) is 15.7. The van der Waals surface area contributed by atoms with Gasteiger partial charge in [-0.1, -0.05) is 60.2 Å². The molecule has 0 aliphatic heterocycles. The van der Waals surface area contributed by atoms with E-state index in [4.69, 9.17) is 14.8 Å². The zero-order valence-corrected chi connectivity index (χ0v) is 22.1. The minimum atomic E-state index is 0.503. The average Bonchev–Trinajstić information content (AvgIpc) is 3.61. The smallest absolute Gasteiger partial charge is 0.135 e. The van der Waals surface area contributed by atoms with Crippen LogP contribution < -0.4 is 4.74 Å². The molecule has 6 aromatic rings. The first-order valence-electron chi connectivity index (χ1n) is 12.6. The highest BCUT2D eigenvalue weighted by atomic mass is 32.1. The number of rotatable bonds is 7. The highest BCUT2D eigenvalue weighted by Gasteiger charge is 2.15. The normalized spacial score (nSPS) is 11.4. The Morgan fingerprint density at radius 2 is 1.67 bits per heavy atom. The van der Waals surface area contributed by atoms with Gasteiger partial charge < -0.3 is 4.74 Å². The Hall–Kier alpha value is -4.99.